The second-order valence-electron chi connectivity index (χ2n) is 8.26. The molecule has 2 aromatic rings. The zero-order valence-corrected chi connectivity index (χ0v) is 15.5. The van der Waals surface area contributed by atoms with E-state index in [1.165, 1.54) is 0 Å². The Morgan fingerprint density at radius 3 is 2.44 bits per heavy atom. The molecule has 1 spiro atoms. The third kappa shape index (κ3) is 2.92. The fourth-order valence-electron chi connectivity index (χ4n) is 4.88. The lowest BCUT2D eigenvalue weighted by molar-refractivity contribution is -0.135. The zero-order valence-electron chi connectivity index (χ0n) is 15.5. The lowest BCUT2D eigenvalue weighted by Gasteiger charge is -2.35. The number of piperazine rings is 1. The van der Waals surface area contributed by atoms with Crippen LogP contribution in [0.1, 0.15) is 29.8 Å². The number of aromatic amines is 1. The molecule has 2 aliphatic heterocycles. The maximum absolute atomic E-state index is 12.9. The van der Waals surface area contributed by atoms with Crippen LogP contribution >= 0.6 is 0 Å². The number of hydrogen-bond acceptors (Lipinski definition) is 3. The summed E-state index contributed by atoms with van der Waals surface area (Å²) in [4.78, 5) is 32.8. The number of amides is 2. The van der Waals surface area contributed by atoms with Gasteiger partial charge in [0, 0.05) is 43.0 Å². The quantitative estimate of drug-likeness (QED) is 0.852. The second-order valence-corrected chi connectivity index (χ2v) is 8.26. The van der Waals surface area contributed by atoms with E-state index in [9.17, 15) is 9.59 Å². The van der Waals surface area contributed by atoms with Crippen molar-refractivity contribution in [2.24, 2.45) is 11.3 Å². The van der Waals surface area contributed by atoms with Crippen LogP contribution in [0, 0.1) is 11.3 Å². The third-order valence-electron chi connectivity index (χ3n) is 6.73. The SMILES string of the molecule is O=C(c1cc2ccccc2[nH]1)N1CCN(C(=O)C2CC23CCNCC3)CC1. The molecule has 5 rings (SSSR count). The highest BCUT2D eigenvalue weighted by atomic mass is 16.2. The van der Waals surface area contributed by atoms with Crippen LogP contribution in [0.5, 0.6) is 0 Å². The molecule has 3 heterocycles. The molecular weight excluding hydrogens is 340 g/mol. The molecule has 1 aromatic carbocycles. The molecule has 0 radical (unpaired) electrons. The molecule has 1 aliphatic carbocycles. The van der Waals surface area contributed by atoms with Crippen molar-refractivity contribution in [3.63, 3.8) is 0 Å². The minimum Gasteiger partial charge on any atom is -0.351 e. The predicted molar refractivity (Wildman–Crippen MR) is 103 cm³/mol. The topological polar surface area (TPSA) is 68.4 Å². The number of nitrogens with one attached hydrogen (secondary N) is 2. The van der Waals surface area contributed by atoms with E-state index in [1.807, 2.05) is 40.1 Å². The minimum atomic E-state index is 0.0274. The van der Waals surface area contributed by atoms with Crippen molar-refractivity contribution in [3.8, 4) is 0 Å². The van der Waals surface area contributed by atoms with E-state index in [-0.39, 0.29) is 17.2 Å². The van der Waals surface area contributed by atoms with Crippen LogP contribution in [0.3, 0.4) is 0 Å². The highest BCUT2D eigenvalue weighted by Crippen LogP contribution is 2.59. The molecule has 2 amide bonds. The summed E-state index contributed by atoms with van der Waals surface area (Å²) < 4.78 is 0. The first-order chi connectivity index (χ1) is 13.2. The maximum Gasteiger partial charge on any atom is 0.270 e. The Morgan fingerprint density at radius 1 is 1.00 bits per heavy atom. The Morgan fingerprint density at radius 2 is 1.70 bits per heavy atom. The van der Waals surface area contributed by atoms with E-state index in [4.69, 9.17) is 0 Å². The number of hydrogen-bond donors (Lipinski definition) is 2. The average Bonchev–Trinajstić information content (AvgIpc) is 3.22. The lowest BCUT2D eigenvalue weighted by atomic mass is 9.91. The summed E-state index contributed by atoms with van der Waals surface area (Å²) in [6, 6.07) is 9.84. The van der Waals surface area contributed by atoms with Gasteiger partial charge in [-0.1, -0.05) is 18.2 Å². The molecule has 142 valence electrons. The summed E-state index contributed by atoms with van der Waals surface area (Å²) in [6.07, 6.45) is 3.31. The highest BCUT2D eigenvalue weighted by Gasteiger charge is 2.58. The van der Waals surface area contributed by atoms with E-state index < -0.39 is 0 Å². The Hall–Kier alpha value is -2.34. The molecule has 1 atom stereocenters. The number of fused-ring (bicyclic) bond motifs is 1. The fourth-order valence-corrected chi connectivity index (χ4v) is 4.88. The van der Waals surface area contributed by atoms with E-state index in [0.29, 0.717) is 37.8 Å². The van der Waals surface area contributed by atoms with Gasteiger partial charge in [-0.2, -0.15) is 0 Å². The van der Waals surface area contributed by atoms with Gasteiger partial charge in [0.1, 0.15) is 5.69 Å². The van der Waals surface area contributed by atoms with Crippen LogP contribution in [-0.4, -0.2) is 65.9 Å². The van der Waals surface area contributed by atoms with Crippen molar-refractivity contribution in [1.82, 2.24) is 20.1 Å². The normalized spacial score (nSPS) is 24.4. The van der Waals surface area contributed by atoms with Crippen molar-refractivity contribution < 1.29 is 9.59 Å². The van der Waals surface area contributed by atoms with Crippen LogP contribution in [0.4, 0.5) is 0 Å². The van der Waals surface area contributed by atoms with Crippen molar-refractivity contribution in [2.75, 3.05) is 39.3 Å². The molecule has 3 aliphatic rings. The largest absolute Gasteiger partial charge is 0.351 e. The van der Waals surface area contributed by atoms with Gasteiger partial charge in [0.2, 0.25) is 5.91 Å². The number of H-pyrrole nitrogens is 1. The summed E-state index contributed by atoms with van der Waals surface area (Å²) in [5.41, 5.74) is 1.89. The van der Waals surface area contributed by atoms with Gasteiger partial charge in [0.25, 0.3) is 5.91 Å². The first kappa shape index (κ1) is 16.8. The van der Waals surface area contributed by atoms with Crippen LogP contribution in [-0.2, 0) is 4.79 Å². The van der Waals surface area contributed by atoms with Gasteiger partial charge in [0.05, 0.1) is 0 Å². The molecule has 1 saturated carbocycles. The third-order valence-corrected chi connectivity index (χ3v) is 6.73. The summed E-state index contributed by atoms with van der Waals surface area (Å²) in [5, 5.41) is 4.44. The highest BCUT2D eigenvalue weighted by molar-refractivity contribution is 5.98. The van der Waals surface area contributed by atoms with Gasteiger partial charge in [-0.15, -0.1) is 0 Å². The smallest absolute Gasteiger partial charge is 0.270 e. The monoisotopic (exact) mass is 366 g/mol. The predicted octanol–water partition coefficient (Wildman–Crippen LogP) is 1.84. The minimum absolute atomic E-state index is 0.0274. The Bertz CT molecular complexity index is 842. The van der Waals surface area contributed by atoms with Crippen molar-refractivity contribution in [2.45, 2.75) is 19.3 Å². The molecule has 1 aromatic heterocycles. The summed E-state index contributed by atoms with van der Waals surface area (Å²) in [6.45, 7) is 4.60. The number of para-hydroxylation sites is 1. The van der Waals surface area contributed by atoms with Crippen molar-refractivity contribution in [3.05, 3.63) is 36.0 Å². The number of aromatic nitrogens is 1. The number of benzene rings is 1. The van der Waals surface area contributed by atoms with Gasteiger partial charge < -0.3 is 20.1 Å². The lowest BCUT2D eigenvalue weighted by Crippen LogP contribution is -2.51. The molecule has 2 saturated heterocycles. The van der Waals surface area contributed by atoms with Gasteiger partial charge in [-0.3, -0.25) is 9.59 Å². The van der Waals surface area contributed by atoms with Crippen LogP contribution < -0.4 is 5.32 Å². The van der Waals surface area contributed by atoms with Gasteiger partial charge in [-0.05, 0) is 49.9 Å². The first-order valence-electron chi connectivity index (χ1n) is 10.0. The molecular formula is C21H26N4O2. The summed E-state index contributed by atoms with van der Waals surface area (Å²) in [5.74, 6) is 0.560. The number of carbonyl (C=O) groups excluding carboxylic acids is 2. The Labute approximate surface area is 158 Å². The first-order valence-corrected chi connectivity index (χ1v) is 10.0. The number of carbonyl (C=O) groups is 2. The number of nitrogens with zero attached hydrogens (tertiary/aromatic N) is 2. The van der Waals surface area contributed by atoms with E-state index in [0.717, 1.165) is 43.3 Å². The molecule has 6 heteroatoms. The van der Waals surface area contributed by atoms with E-state index in [2.05, 4.69) is 10.3 Å². The van der Waals surface area contributed by atoms with Crippen molar-refractivity contribution >= 4 is 22.7 Å². The van der Waals surface area contributed by atoms with Gasteiger partial charge >= 0.3 is 0 Å². The number of piperidine rings is 1. The standard InChI is InChI=1S/C21H26N4O2/c26-19(16-14-21(16)5-7-22-8-6-21)24-9-11-25(12-10-24)20(27)18-13-15-3-1-2-4-17(15)23-18/h1-4,13,16,22-23H,5-12,14H2. The van der Waals surface area contributed by atoms with Crippen LogP contribution in [0.2, 0.25) is 0 Å². The zero-order chi connectivity index (χ0) is 18.4. The molecule has 27 heavy (non-hydrogen) atoms. The second kappa shape index (κ2) is 6.37. The Balaban J connectivity index is 1.20. The van der Waals surface area contributed by atoms with Gasteiger partial charge in [0.15, 0.2) is 0 Å². The molecule has 3 fully saturated rings. The maximum atomic E-state index is 12.9. The van der Waals surface area contributed by atoms with Crippen molar-refractivity contribution in [1.29, 1.82) is 0 Å². The van der Waals surface area contributed by atoms with Crippen LogP contribution in [0.15, 0.2) is 30.3 Å². The summed E-state index contributed by atoms with van der Waals surface area (Å²) in [7, 11) is 0. The Kier molecular flexibility index (Phi) is 3.97. The molecule has 2 N–H and O–H groups in total. The molecule has 1 unspecified atom stereocenters. The van der Waals surface area contributed by atoms with Crippen LogP contribution in [0.25, 0.3) is 10.9 Å². The average molecular weight is 366 g/mol. The molecule has 0 bridgehead atoms. The molecule has 6 nitrogen and oxygen atoms in total. The van der Waals surface area contributed by atoms with E-state index >= 15 is 0 Å². The van der Waals surface area contributed by atoms with E-state index in [1.54, 1.807) is 0 Å². The van der Waals surface area contributed by atoms with Gasteiger partial charge in [-0.25, -0.2) is 0 Å². The fraction of sp³-hybridized carbons (Fsp3) is 0.524. The number of rotatable bonds is 2. The summed E-state index contributed by atoms with van der Waals surface area (Å²) >= 11 is 0.